The quantitative estimate of drug-likeness (QED) is 0.0903. The first-order valence-electron chi connectivity index (χ1n) is 36.6. The van der Waals surface area contributed by atoms with E-state index in [9.17, 15) is 33.2 Å². The van der Waals surface area contributed by atoms with Gasteiger partial charge >= 0.3 is 0 Å². The molecule has 5 amide bonds. The van der Waals surface area contributed by atoms with Crippen molar-refractivity contribution in [1.82, 2.24) is 55.6 Å². The predicted molar refractivity (Wildman–Crippen MR) is 401 cm³/mol. The van der Waals surface area contributed by atoms with Gasteiger partial charge < -0.3 is 26.2 Å². The van der Waals surface area contributed by atoms with Crippen LogP contribution in [-0.4, -0.2) is 228 Å². The Hall–Kier alpha value is -4.85. The minimum atomic E-state index is -1.07. The van der Waals surface area contributed by atoms with E-state index in [0.29, 0.717) is 19.5 Å². The molecule has 4 N–H and O–H groups in total. The van der Waals surface area contributed by atoms with Gasteiger partial charge in [-0.05, 0) is 245 Å². The molecule has 17 nitrogen and oxygen atoms in total. The number of carbonyl (C=O) groups is 6. The van der Waals surface area contributed by atoms with Crippen LogP contribution in [0.25, 0.3) is 0 Å². The van der Waals surface area contributed by atoms with Crippen LogP contribution < -0.4 is 21.3 Å². The summed E-state index contributed by atoms with van der Waals surface area (Å²) >= 11 is 0. The van der Waals surface area contributed by atoms with Crippen molar-refractivity contribution in [1.29, 1.82) is 0 Å². The fourth-order valence-corrected chi connectivity index (χ4v) is 11.2. The maximum absolute atomic E-state index is 13.5. The van der Waals surface area contributed by atoms with Crippen LogP contribution in [0.15, 0.2) is 72.9 Å². The molecule has 0 spiro atoms. The average molecular weight is 1350 g/mol. The van der Waals surface area contributed by atoms with Gasteiger partial charge in [-0.15, -0.1) is 0 Å². The van der Waals surface area contributed by atoms with Crippen LogP contribution in [0.5, 0.6) is 0 Å². The molecule has 0 aromatic carbocycles. The van der Waals surface area contributed by atoms with E-state index < -0.39 is 5.67 Å². The molecule has 6 rings (SSSR count). The number of halogens is 1. The molecule has 0 bridgehead atoms. The SMILES string of the molecule is CC(C)(C)NC(=O)/C=C/CN1CCCCC1.CC(C)(C)NC(=O)/C=C/CN1CCCCC1.CC(C)C(=O)/C=C/CN1CCCC1.CC1(F)CCN(C/C=C/C(=O)NC(C)(C)C)C1.CC1CCCN(C/C=C/C(=O)NC(C)(C)C)C1.CC1CCN(C/C=C/C(=O)N(C)C(C)(C)C)C1. The molecular formula is C78H142FN11O6. The molecule has 0 aromatic rings. The third-order valence-corrected chi connectivity index (χ3v) is 16.5. The Kier molecular flexibility index (Phi) is 42.5. The monoisotopic (exact) mass is 1350 g/mol. The summed E-state index contributed by atoms with van der Waals surface area (Å²) in [6, 6.07) is 0. The topological polar surface area (TPSA) is 173 Å². The summed E-state index contributed by atoms with van der Waals surface area (Å²) in [6.45, 7) is 58.0. The van der Waals surface area contributed by atoms with Crippen molar-refractivity contribution in [3.63, 3.8) is 0 Å². The van der Waals surface area contributed by atoms with Crippen LogP contribution in [-0.2, 0) is 28.8 Å². The lowest BCUT2D eigenvalue weighted by atomic mass is 10.0. The largest absolute Gasteiger partial charge is 0.348 e. The molecule has 18 heteroatoms. The smallest absolute Gasteiger partial charge is 0.246 e. The molecule has 0 radical (unpaired) electrons. The number of hydrogen-bond acceptors (Lipinski definition) is 12. The van der Waals surface area contributed by atoms with Crippen molar-refractivity contribution in [2.75, 3.05) is 125 Å². The first-order chi connectivity index (χ1) is 44.5. The predicted octanol–water partition coefficient (Wildman–Crippen LogP) is 12.0. The van der Waals surface area contributed by atoms with Crippen LogP contribution in [0.4, 0.5) is 4.39 Å². The molecule has 96 heavy (non-hydrogen) atoms. The standard InChI is InChI=1S/2C14H26N2O.C13H23FN2O.2C13H24N2O.C11H19NO/c1-12-8-10-16(11-12)9-6-7-13(17)15(5)14(2,3)4;1-12-7-5-9-16(11-12)10-6-8-13(17)15-14(2,3)4;1-12(2,3)15-11(17)6-5-8-16-9-7-13(4,14)10-16;2*1-13(2,3)14-12(16)8-7-11-15-9-5-4-6-10-15;1-10(2)11(13)6-5-9-12-7-3-4-8-12/h6-7,12H,8-11H2,1-5H3;6,8,12H,5,7,9-11H2,1-4H3,(H,15,17);5-6H,7-10H2,1-4H3,(H,15,17);2*7-8H,4-6,9-11H2,1-3H3,(H,14,16);5-6,10H,3-4,7-9H2,1-2H3/b7-6+;8-6+;6-5+;2*8-7+;6-5+. The van der Waals surface area contributed by atoms with Gasteiger partial charge in [0, 0.05) is 136 Å². The van der Waals surface area contributed by atoms with Crippen molar-refractivity contribution in [2.45, 2.75) is 249 Å². The third-order valence-electron chi connectivity index (χ3n) is 16.5. The second-order valence-corrected chi connectivity index (χ2v) is 33.3. The van der Waals surface area contributed by atoms with E-state index in [4.69, 9.17) is 0 Å². The summed E-state index contributed by atoms with van der Waals surface area (Å²) in [7, 11) is 1.85. The Bertz CT molecular complexity index is 2330. The van der Waals surface area contributed by atoms with Crippen LogP contribution in [0, 0.1) is 17.8 Å². The summed E-state index contributed by atoms with van der Waals surface area (Å²) in [4.78, 5) is 84.8. The van der Waals surface area contributed by atoms with Crippen LogP contribution in [0.3, 0.4) is 0 Å². The van der Waals surface area contributed by atoms with Crippen molar-refractivity contribution in [3.05, 3.63) is 72.9 Å². The number of rotatable bonds is 19. The number of carbonyl (C=O) groups excluding carboxylic acids is 6. The minimum absolute atomic E-state index is 0.00237. The Morgan fingerprint density at radius 1 is 0.427 bits per heavy atom. The maximum atomic E-state index is 13.5. The van der Waals surface area contributed by atoms with Gasteiger partial charge in [-0.2, -0.15) is 0 Å². The normalized spacial score (nSPS) is 21.6. The highest BCUT2D eigenvalue weighted by molar-refractivity contribution is 5.91. The minimum Gasteiger partial charge on any atom is -0.348 e. The van der Waals surface area contributed by atoms with E-state index in [0.717, 1.165) is 77.3 Å². The van der Waals surface area contributed by atoms with E-state index in [2.05, 4.69) is 59.6 Å². The second kappa shape index (κ2) is 45.7. The lowest BCUT2D eigenvalue weighted by molar-refractivity contribution is -0.129. The Balaban J connectivity index is 0.000000577. The molecule has 552 valence electrons. The number of ketones is 1. The summed E-state index contributed by atoms with van der Waals surface area (Å²) < 4.78 is 13.5. The van der Waals surface area contributed by atoms with Crippen LogP contribution in [0.1, 0.15) is 216 Å². The number of nitrogens with zero attached hydrogens (tertiary/aromatic N) is 7. The Morgan fingerprint density at radius 2 is 0.729 bits per heavy atom. The van der Waals surface area contributed by atoms with Gasteiger partial charge in [0.05, 0.1) is 0 Å². The zero-order chi connectivity index (χ0) is 72.8. The van der Waals surface area contributed by atoms with E-state index in [1.54, 1.807) is 48.3 Å². The van der Waals surface area contributed by atoms with Crippen molar-refractivity contribution in [2.24, 2.45) is 17.8 Å². The maximum Gasteiger partial charge on any atom is 0.246 e. The Morgan fingerprint density at radius 3 is 1.03 bits per heavy atom. The van der Waals surface area contributed by atoms with E-state index in [1.807, 2.05) is 160 Å². The first-order valence-corrected chi connectivity index (χ1v) is 36.6. The molecule has 6 fully saturated rings. The highest BCUT2D eigenvalue weighted by Crippen LogP contribution is 2.24. The number of nitrogens with one attached hydrogen (secondary N) is 4. The zero-order valence-electron chi connectivity index (χ0n) is 64.8. The third kappa shape index (κ3) is 49.6. The Labute approximate surface area is 585 Å². The van der Waals surface area contributed by atoms with Crippen molar-refractivity contribution >= 4 is 35.3 Å². The summed E-state index contributed by atoms with van der Waals surface area (Å²) in [5.74, 6) is 1.96. The van der Waals surface area contributed by atoms with Crippen molar-refractivity contribution in [3.8, 4) is 0 Å². The zero-order valence-corrected chi connectivity index (χ0v) is 64.8. The molecule has 3 atom stereocenters. The fraction of sp³-hybridized carbons (Fsp3) is 0.769. The molecule has 0 aliphatic carbocycles. The van der Waals surface area contributed by atoms with Crippen LogP contribution >= 0.6 is 0 Å². The number of allylic oxidation sites excluding steroid dienone is 1. The molecule has 6 aliphatic rings. The van der Waals surface area contributed by atoms with Crippen molar-refractivity contribution < 1.29 is 33.2 Å². The van der Waals surface area contributed by atoms with Gasteiger partial charge in [-0.1, -0.05) is 77.0 Å². The highest BCUT2D eigenvalue weighted by atomic mass is 19.1. The molecule has 6 heterocycles. The number of alkyl halides is 1. The molecular weight excluding hydrogens is 1210 g/mol. The molecule has 6 aliphatic heterocycles. The molecule has 0 saturated carbocycles. The van der Waals surface area contributed by atoms with E-state index in [-0.39, 0.29) is 68.9 Å². The van der Waals surface area contributed by atoms with Gasteiger partial charge in [0.1, 0.15) is 5.67 Å². The highest BCUT2D eigenvalue weighted by Gasteiger charge is 2.33. The fourth-order valence-electron chi connectivity index (χ4n) is 11.2. The first kappa shape index (κ1) is 89.2. The molecule has 0 aromatic heterocycles. The van der Waals surface area contributed by atoms with E-state index >= 15 is 0 Å². The second-order valence-electron chi connectivity index (χ2n) is 33.3. The summed E-state index contributed by atoms with van der Waals surface area (Å²) in [5.41, 5.74) is -1.84. The average Bonchev–Trinajstić information content (AvgIpc) is 1.70. The lowest BCUT2D eigenvalue weighted by Crippen LogP contribution is -2.41. The van der Waals surface area contributed by atoms with Crippen LogP contribution in [0.2, 0.25) is 0 Å². The van der Waals surface area contributed by atoms with Gasteiger partial charge in [0.25, 0.3) is 0 Å². The van der Waals surface area contributed by atoms with E-state index in [1.165, 1.54) is 116 Å². The number of piperidine rings is 3. The number of likely N-dealkylation sites (N-methyl/N-ethyl adjacent to an activating group) is 1. The van der Waals surface area contributed by atoms with Gasteiger partial charge in [0.2, 0.25) is 29.5 Å². The van der Waals surface area contributed by atoms with Gasteiger partial charge in [-0.3, -0.25) is 58.2 Å². The summed E-state index contributed by atoms with van der Waals surface area (Å²) in [5, 5.41) is 11.6. The number of amides is 5. The lowest BCUT2D eigenvalue weighted by Gasteiger charge is -2.31. The number of hydrogen-bond donors (Lipinski definition) is 4. The molecule has 6 saturated heterocycles. The molecule has 3 unspecified atom stereocenters. The van der Waals surface area contributed by atoms with Gasteiger partial charge in [0.15, 0.2) is 5.78 Å². The summed E-state index contributed by atoms with van der Waals surface area (Å²) in [6.07, 6.45) is 36.6. The number of likely N-dealkylation sites (tertiary alicyclic amines) is 6. The van der Waals surface area contributed by atoms with Gasteiger partial charge in [-0.25, -0.2) is 4.39 Å².